The first-order chi connectivity index (χ1) is 14.0. The highest BCUT2D eigenvalue weighted by Crippen LogP contribution is 2.17. The van der Waals surface area contributed by atoms with E-state index in [1.807, 2.05) is 54.9 Å². The highest BCUT2D eigenvalue weighted by molar-refractivity contribution is 5.92. The lowest BCUT2D eigenvalue weighted by Crippen LogP contribution is -2.36. The Kier molecular flexibility index (Phi) is 6.29. The summed E-state index contributed by atoms with van der Waals surface area (Å²) < 4.78 is 1.88. The molecule has 0 aliphatic heterocycles. The van der Waals surface area contributed by atoms with Gasteiger partial charge in [-0.25, -0.2) is 9.48 Å². The molecule has 0 bridgehead atoms. The molecule has 4 N–H and O–H groups in total. The van der Waals surface area contributed by atoms with Gasteiger partial charge in [0.25, 0.3) is 0 Å². The van der Waals surface area contributed by atoms with Gasteiger partial charge in [-0.2, -0.15) is 5.10 Å². The second kappa shape index (κ2) is 9.05. The zero-order chi connectivity index (χ0) is 20.8. The number of hydrogen-bond donors (Lipinski definition) is 3. The van der Waals surface area contributed by atoms with Crippen LogP contribution < -0.4 is 16.4 Å². The molecule has 0 spiro atoms. The summed E-state index contributed by atoms with van der Waals surface area (Å²) in [7, 11) is 0. The maximum absolute atomic E-state index is 12.2. The number of amides is 3. The Bertz CT molecular complexity index is 1010. The van der Waals surface area contributed by atoms with E-state index in [2.05, 4.69) is 15.7 Å². The normalized spacial score (nSPS) is 10.6. The van der Waals surface area contributed by atoms with Gasteiger partial charge >= 0.3 is 6.03 Å². The van der Waals surface area contributed by atoms with Crippen molar-refractivity contribution in [1.82, 2.24) is 20.4 Å². The number of nitrogens with one attached hydrogen (secondary N) is 2. The molecule has 7 heteroatoms. The first-order valence-electron chi connectivity index (χ1n) is 9.46. The van der Waals surface area contributed by atoms with Crippen molar-refractivity contribution in [2.24, 2.45) is 5.73 Å². The monoisotopic (exact) mass is 391 g/mol. The molecule has 1 heterocycles. The van der Waals surface area contributed by atoms with Crippen LogP contribution in [0, 0.1) is 13.8 Å². The summed E-state index contributed by atoms with van der Waals surface area (Å²) in [5, 5.41) is 10.3. The van der Waals surface area contributed by atoms with Gasteiger partial charge in [-0.15, -0.1) is 0 Å². The number of rotatable bonds is 7. The van der Waals surface area contributed by atoms with Gasteiger partial charge in [0.15, 0.2) is 0 Å². The van der Waals surface area contributed by atoms with Crippen molar-refractivity contribution in [3.8, 4) is 5.69 Å². The summed E-state index contributed by atoms with van der Waals surface area (Å²) in [6.45, 7) is 4.78. The first-order valence-corrected chi connectivity index (χ1v) is 9.46. The average molecular weight is 391 g/mol. The molecule has 3 amide bonds. The molecular formula is C22H25N5O2. The fourth-order valence-electron chi connectivity index (χ4n) is 3.18. The number of primary amides is 1. The summed E-state index contributed by atoms with van der Waals surface area (Å²) in [6.07, 6.45) is 0.610. The Balaban J connectivity index is 1.53. The summed E-state index contributed by atoms with van der Waals surface area (Å²) >= 11 is 0. The van der Waals surface area contributed by atoms with Crippen molar-refractivity contribution in [1.29, 1.82) is 0 Å². The van der Waals surface area contributed by atoms with Gasteiger partial charge < -0.3 is 16.4 Å². The molecule has 0 atom stereocenters. The Morgan fingerprint density at radius 3 is 2.52 bits per heavy atom. The standard InChI is InChI=1S/C22H25N5O2/c1-15-20(16(2)27(26-15)19-9-4-3-5-10-19)14-25-22(29)24-12-11-17-7-6-8-18(13-17)21(23)28/h3-10,13H,11-12,14H2,1-2H3,(H2,23,28)(H2,24,25,29). The molecule has 0 aliphatic carbocycles. The minimum Gasteiger partial charge on any atom is -0.366 e. The molecule has 29 heavy (non-hydrogen) atoms. The fourth-order valence-corrected chi connectivity index (χ4v) is 3.18. The van der Waals surface area contributed by atoms with Crippen LogP contribution in [-0.4, -0.2) is 28.3 Å². The van der Waals surface area contributed by atoms with Crippen molar-refractivity contribution in [3.63, 3.8) is 0 Å². The maximum atomic E-state index is 12.2. The van der Waals surface area contributed by atoms with Gasteiger partial charge in [-0.05, 0) is 50.1 Å². The molecule has 0 fully saturated rings. The molecule has 0 saturated carbocycles. The molecule has 2 aromatic carbocycles. The molecule has 3 rings (SSSR count). The van der Waals surface area contributed by atoms with Gasteiger partial charge in [0, 0.05) is 29.9 Å². The van der Waals surface area contributed by atoms with Crippen LogP contribution in [0.25, 0.3) is 5.69 Å². The quantitative estimate of drug-likeness (QED) is 0.577. The Morgan fingerprint density at radius 1 is 1.03 bits per heavy atom. The van der Waals surface area contributed by atoms with E-state index >= 15 is 0 Å². The highest BCUT2D eigenvalue weighted by Gasteiger charge is 2.13. The van der Waals surface area contributed by atoms with Crippen LogP contribution in [0.4, 0.5) is 4.79 Å². The van der Waals surface area contributed by atoms with Gasteiger partial charge in [0.1, 0.15) is 0 Å². The van der Waals surface area contributed by atoms with Crippen LogP contribution in [0.15, 0.2) is 54.6 Å². The van der Waals surface area contributed by atoms with Crippen LogP contribution >= 0.6 is 0 Å². The van der Waals surface area contributed by atoms with E-state index in [0.29, 0.717) is 25.1 Å². The molecular weight excluding hydrogens is 366 g/mol. The predicted molar refractivity (Wildman–Crippen MR) is 112 cm³/mol. The molecule has 0 unspecified atom stereocenters. The zero-order valence-corrected chi connectivity index (χ0v) is 16.6. The van der Waals surface area contributed by atoms with E-state index in [0.717, 1.165) is 28.2 Å². The summed E-state index contributed by atoms with van der Waals surface area (Å²) in [6, 6.07) is 16.7. The third-order valence-corrected chi connectivity index (χ3v) is 4.78. The fraction of sp³-hybridized carbons (Fsp3) is 0.227. The van der Waals surface area contributed by atoms with Crippen LogP contribution in [0.3, 0.4) is 0 Å². The average Bonchev–Trinajstić information content (AvgIpc) is 3.01. The Morgan fingerprint density at radius 2 is 1.79 bits per heavy atom. The van der Waals surface area contributed by atoms with Crippen molar-refractivity contribution in [2.75, 3.05) is 6.54 Å². The smallest absolute Gasteiger partial charge is 0.315 e. The van der Waals surface area contributed by atoms with E-state index in [-0.39, 0.29) is 6.03 Å². The molecule has 1 aromatic heterocycles. The van der Waals surface area contributed by atoms with Crippen LogP contribution in [0.2, 0.25) is 0 Å². The number of para-hydroxylation sites is 1. The number of nitrogens with zero attached hydrogens (tertiary/aromatic N) is 2. The van der Waals surface area contributed by atoms with Gasteiger partial charge in [0.05, 0.1) is 11.4 Å². The number of urea groups is 1. The van der Waals surface area contributed by atoms with E-state index in [9.17, 15) is 9.59 Å². The number of hydrogen-bond acceptors (Lipinski definition) is 3. The van der Waals surface area contributed by atoms with E-state index in [4.69, 9.17) is 5.73 Å². The molecule has 0 aliphatic rings. The number of carbonyl (C=O) groups is 2. The number of carbonyl (C=O) groups excluding carboxylic acids is 2. The number of benzene rings is 2. The number of aromatic nitrogens is 2. The first kappa shape index (κ1) is 20.1. The van der Waals surface area contributed by atoms with Crippen LogP contribution in [-0.2, 0) is 13.0 Å². The minimum absolute atomic E-state index is 0.248. The molecule has 7 nitrogen and oxygen atoms in total. The van der Waals surface area contributed by atoms with Gasteiger partial charge in [0.2, 0.25) is 5.91 Å². The second-order valence-corrected chi connectivity index (χ2v) is 6.82. The highest BCUT2D eigenvalue weighted by atomic mass is 16.2. The number of nitrogens with two attached hydrogens (primary N) is 1. The second-order valence-electron chi connectivity index (χ2n) is 6.82. The van der Waals surface area contributed by atoms with Gasteiger partial charge in [-0.1, -0.05) is 30.3 Å². The predicted octanol–water partition coefficient (Wildman–Crippen LogP) is 2.63. The van der Waals surface area contributed by atoms with E-state index in [1.54, 1.807) is 18.2 Å². The topological polar surface area (TPSA) is 102 Å². The van der Waals surface area contributed by atoms with Crippen molar-refractivity contribution in [3.05, 3.63) is 82.7 Å². The lowest BCUT2D eigenvalue weighted by atomic mass is 10.1. The third-order valence-electron chi connectivity index (χ3n) is 4.78. The van der Waals surface area contributed by atoms with E-state index < -0.39 is 5.91 Å². The van der Waals surface area contributed by atoms with Crippen molar-refractivity contribution < 1.29 is 9.59 Å². The molecule has 0 saturated heterocycles. The van der Waals surface area contributed by atoms with Crippen LogP contribution in [0.1, 0.15) is 32.9 Å². The minimum atomic E-state index is -0.459. The summed E-state index contributed by atoms with van der Waals surface area (Å²) in [5.41, 5.74) is 10.6. The summed E-state index contributed by atoms with van der Waals surface area (Å²) in [4.78, 5) is 23.4. The number of aryl methyl sites for hydroxylation is 1. The van der Waals surface area contributed by atoms with Crippen LogP contribution in [0.5, 0.6) is 0 Å². The Hall–Kier alpha value is -3.61. The van der Waals surface area contributed by atoms with Gasteiger partial charge in [-0.3, -0.25) is 4.79 Å². The maximum Gasteiger partial charge on any atom is 0.315 e. The lowest BCUT2D eigenvalue weighted by Gasteiger charge is -2.09. The largest absolute Gasteiger partial charge is 0.366 e. The molecule has 0 radical (unpaired) electrons. The van der Waals surface area contributed by atoms with Crippen molar-refractivity contribution in [2.45, 2.75) is 26.8 Å². The SMILES string of the molecule is Cc1nn(-c2ccccc2)c(C)c1CNC(=O)NCCc1cccc(C(N)=O)c1. The Labute approximate surface area is 169 Å². The molecule has 150 valence electrons. The zero-order valence-electron chi connectivity index (χ0n) is 16.6. The van der Waals surface area contributed by atoms with E-state index in [1.165, 1.54) is 0 Å². The summed E-state index contributed by atoms with van der Waals surface area (Å²) in [5.74, 6) is -0.459. The third kappa shape index (κ3) is 5.01. The van der Waals surface area contributed by atoms with Crippen molar-refractivity contribution >= 4 is 11.9 Å². The lowest BCUT2D eigenvalue weighted by molar-refractivity contribution is 0.1000. The molecule has 3 aromatic rings.